The molecule has 0 spiro atoms. The lowest BCUT2D eigenvalue weighted by Gasteiger charge is -2.45. The van der Waals surface area contributed by atoms with E-state index in [-0.39, 0.29) is 0 Å². The van der Waals surface area contributed by atoms with E-state index in [0.29, 0.717) is 5.92 Å². The predicted molar refractivity (Wildman–Crippen MR) is 85.0 cm³/mol. The summed E-state index contributed by atoms with van der Waals surface area (Å²) in [6.07, 6.45) is 15.3. The number of aromatic nitrogens is 2. The van der Waals surface area contributed by atoms with Crippen LogP contribution in [0.1, 0.15) is 69.9 Å². The molecule has 1 N–H and O–H groups in total. The van der Waals surface area contributed by atoms with Gasteiger partial charge in [-0.2, -0.15) is 5.10 Å². The fourth-order valence-corrected chi connectivity index (χ4v) is 4.76. The maximum absolute atomic E-state index is 11.3. The van der Waals surface area contributed by atoms with Crippen molar-refractivity contribution in [2.24, 2.45) is 18.9 Å². The Morgan fingerprint density at radius 1 is 1.19 bits per heavy atom. The molecule has 118 valence electrons. The van der Waals surface area contributed by atoms with Crippen LogP contribution < -0.4 is 0 Å². The van der Waals surface area contributed by atoms with Crippen LogP contribution in [0.3, 0.4) is 0 Å². The highest BCUT2D eigenvalue weighted by molar-refractivity contribution is 5.03. The fraction of sp³-hybridized carbons (Fsp3) is 0.833. The van der Waals surface area contributed by atoms with Crippen LogP contribution in [0.5, 0.6) is 0 Å². The summed E-state index contributed by atoms with van der Waals surface area (Å²) in [5.74, 6) is 1.32. The van der Waals surface area contributed by atoms with Crippen LogP contribution in [-0.4, -0.2) is 20.5 Å². The van der Waals surface area contributed by atoms with E-state index in [9.17, 15) is 5.11 Å². The molecule has 0 radical (unpaired) electrons. The number of hydrogen-bond acceptors (Lipinski definition) is 2. The molecule has 3 heteroatoms. The normalized spacial score (nSPS) is 31.4. The third-order valence-corrected chi connectivity index (χ3v) is 6.02. The van der Waals surface area contributed by atoms with Crippen LogP contribution in [0.15, 0.2) is 12.3 Å². The van der Waals surface area contributed by atoms with Crippen molar-refractivity contribution in [1.82, 2.24) is 9.78 Å². The summed E-state index contributed by atoms with van der Waals surface area (Å²) in [6.45, 7) is 0. The third kappa shape index (κ3) is 3.33. The molecule has 1 aromatic rings. The largest absolute Gasteiger partial charge is 0.390 e. The van der Waals surface area contributed by atoms with Crippen LogP contribution in [0.25, 0.3) is 0 Å². The van der Waals surface area contributed by atoms with Crippen LogP contribution in [0, 0.1) is 11.8 Å². The molecule has 1 heterocycles. The molecular formula is C18H30N2O. The van der Waals surface area contributed by atoms with Gasteiger partial charge in [0.15, 0.2) is 0 Å². The van der Waals surface area contributed by atoms with Gasteiger partial charge in [0.25, 0.3) is 0 Å². The second kappa shape index (κ2) is 6.51. The van der Waals surface area contributed by atoms with E-state index in [0.717, 1.165) is 25.2 Å². The van der Waals surface area contributed by atoms with Crippen molar-refractivity contribution >= 4 is 0 Å². The first-order valence-corrected chi connectivity index (χ1v) is 8.88. The van der Waals surface area contributed by atoms with E-state index in [4.69, 9.17) is 0 Å². The minimum Gasteiger partial charge on any atom is -0.390 e. The van der Waals surface area contributed by atoms with Gasteiger partial charge in [0, 0.05) is 18.9 Å². The maximum atomic E-state index is 11.3. The SMILES string of the molecule is Cn1nccc1CCC1(O)CCCCC1C1CCCCC1. The summed E-state index contributed by atoms with van der Waals surface area (Å²) in [5, 5.41) is 15.6. The summed E-state index contributed by atoms with van der Waals surface area (Å²) in [6, 6.07) is 2.09. The third-order valence-electron chi connectivity index (χ3n) is 6.02. The van der Waals surface area contributed by atoms with Crippen molar-refractivity contribution in [1.29, 1.82) is 0 Å². The van der Waals surface area contributed by atoms with E-state index in [1.54, 1.807) is 0 Å². The van der Waals surface area contributed by atoms with Crippen LogP contribution in [-0.2, 0) is 13.5 Å². The molecule has 2 aliphatic carbocycles. The van der Waals surface area contributed by atoms with Gasteiger partial charge in [-0.15, -0.1) is 0 Å². The topological polar surface area (TPSA) is 38.0 Å². The first-order chi connectivity index (χ1) is 10.2. The molecule has 2 atom stereocenters. The molecule has 21 heavy (non-hydrogen) atoms. The second-order valence-corrected chi connectivity index (χ2v) is 7.30. The van der Waals surface area contributed by atoms with E-state index in [1.165, 1.54) is 57.1 Å². The predicted octanol–water partition coefficient (Wildman–Crippen LogP) is 3.85. The van der Waals surface area contributed by atoms with Crippen molar-refractivity contribution in [2.45, 2.75) is 76.2 Å². The van der Waals surface area contributed by atoms with Gasteiger partial charge >= 0.3 is 0 Å². The number of nitrogens with zero attached hydrogens (tertiary/aromatic N) is 2. The van der Waals surface area contributed by atoms with Crippen LogP contribution >= 0.6 is 0 Å². The van der Waals surface area contributed by atoms with Gasteiger partial charge in [-0.25, -0.2) is 0 Å². The zero-order valence-electron chi connectivity index (χ0n) is 13.4. The van der Waals surface area contributed by atoms with Crippen molar-refractivity contribution in [3.8, 4) is 0 Å². The molecule has 2 aliphatic rings. The van der Waals surface area contributed by atoms with E-state index in [2.05, 4.69) is 11.2 Å². The number of hydrogen-bond donors (Lipinski definition) is 1. The molecule has 3 rings (SSSR count). The highest BCUT2D eigenvalue weighted by Gasteiger charge is 2.42. The molecule has 3 nitrogen and oxygen atoms in total. The Morgan fingerprint density at radius 3 is 2.67 bits per heavy atom. The summed E-state index contributed by atoms with van der Waals surface area (Å²) in [7, 11) is 2.00. The van der Waals surface area contributed by atoms with Crippen molar-refractivity contribution in [2.75, 3.05) is 0 Å². The zero-order chi connectivity index (χ0) is 14.7. The van der Waals surface area contributed by atoms with Crippen LogP contribution in [0.2, 0.25) is 0 Å². The standard InChI is InChI=1S/C18H30N2O/c1-20-16(11-14-19-20)10-13-18(21)12-6-5-9-17(18)15-7-3-2-4-8-15/h11,14-15,17,21H,2-10,12-13H2,1H3. The average Bonchev–Trinajstić information content (AvgIpc) is 2.92. The molecule has 0 bridgehead atoms. The lowest BCUT2D eigenvalue weighted by atomic mass is 9.64. The van der Waals surface area contributed by atoms with Crippen molar-refractivity contribution < 1.29 is 5.11 Å². The fourth-order valence-electron chi connectivity index (χ4n) is 4.76. The lowest BCUT2D eigenvalue weighted by molar-refractivity contribution is -0.0828. The highest BCUT2D eigenvalue weighted by Crippen LogP contribution is 2.45. The Morgan fingerprint density at radius 2 is 1.95 bits per heavy atom. The zero-order valence-corrected chi connectivity index (χ0v) is 13.4. The Labute approximate surface area is 128 Å². The molecular weight excluding hydrogens is 260 g/mol. The van der Waals surface area contributed by atoms with E-state index >= 15 is 0 Å². The molecule has 0 aliphatic heterocycles. The monoisotopic (exact) mass is 290 g/mol. The summed E-state index contributed by atoms with van der Waals surface area (Å²) >= 11 is 0. The Kier molecular flexibility index (Phi) is 4.68. The molecule has 0 amide bonds. The number of aryl methyl sites for hydroxylation is 2. The number of rotatable bonds is 4. The highest BCUT2D eigenvalue weighted by atomic mass is 16.3. The van der Waals surface area contributed by atoms with Crippen molar-refractivity contribution in [3.63, 3.8) is 0 Å². The van der Waals surface area contributed by atoms with Gasteiger partial charge in [-0.1, -0.05) is 44.9 Å². The first-order valence-electron chi connectivity index (χ1n) is 8.88. The first kappa shape index (κ1) is 15.1. The quantitative estimate of drug-likeness (QED) is 0.914. The van der Waals surface area contributed by atoms with Gasteiger partial charge in [-0.05, 0) is 43.6 Å². The second-order valence-electron chi connectivity index (χ2n) is 7.30. The molecule has 0 aromatic carbocycles. The van der Waals surface area contributed by atoms with Gasteiger partial charge in [0.1, 0.15) is 0 Å². The number of aliphatic hydroxyl groups is 1. The smallest absolute Gasteiger partial charge is 0.0682 e. The van der Waals surface area contributed by atoms with Crippen LogP contribution in [0.4, 0.5) is 0 Å². The molecule has 2 fully saturated rings. The Balaban J connectivity index is 1.67. The summed E-state index contributed by atoms with van der Waals surface area (Å²) in [5.41, 5.74) is 0.821. The van der Waals surface area contributed by atoms with Gasteiger partial charge in [-0.3, -0.25) is 4.68 Å². The summed E-state index contributed by atoms with van der Waals surface area (Å²) < 4.78 is 1.95. The lowest BCUT2D eigenvalue weighted by Crippen LogP contribution is -2.45. The van der Waals surface area contributed by atoms with Gasteiger partial charge in [0.05, 0.1) is 5.60 Å². The molecule has 0 saturated heterocycles. The average molecular weight is 290 g/mol. The van der Waals surface area contributed by atoms with Crippen molar-refractivity contribution in [3.05, 3.63) is 18.0 Å². The Hall–Kier alpha value is -0.830. The Bertz CT molecular complexity index is 450. The van der Waals surface area contributed by atoms with Gasteiger partial charge in [0.2, 0.25) is 0 Å². The van der Waals surface area contributed by atoms with E-state index in [1.807, 2.05) is 17.9 Å². The van der Waals surface area contributed by atoms with E-state index < -0.39 is 5.60 Å². The molecule has 2 saturated carbocycles. The van der Waals surface area contributed by atoms with Gasteiger partial charge < -0.3 is 5.11 Å². The molecule has 1 aromatic heterocycles. The minimum atomic E-state index is -0.426. The molecule has 2 unspecified atom stereocenters. The minimum absolute atomic E-state index is 0.426. The summed E-state index contributed by atoms with van der Waals surface area (Å²) in [4.78, 5) is 0. The maximum Gasteiger partial charge on any atom is 0.0682 e.